The molecular formula is C23H27FN2O3. The predicted octanol–water partition coefficient (Wildman–Crippen LogP) is 5.92. The number of nitrogens with zero attached hydrogens (tertiary/aromatic N) is 1. The largest absolute Gasteiger partial charge is 0.465 e. The summed E-state index contributed by atoms with van der Waals surface area (Å²) < 4.78 is 25.0. The minimum absolute atomic E-state index is 0.296. The lowest BCUT2D eigenvalue weighted by molar-refractivity contribution is 0.0635. The molecule has 1 amide bonds. The maximum absolute atomic E-state index is 13.4. The third-order valence-electron chi connectivity index (χ3n) is 4.72. The monoisotopic (exact) mass is 398 g/mol. The lowest BCUT2D eigenvalue weighted by Crippen LogP contribution is -2.37. The van der Waals surface area contributed by atoms with E-state index in [1.54, 1.807) is 24.3 Å². The molecule has 0 fully saturated rings. The van der Waals surface area contributed by atoms with Crippen molar-refractivity contribution in [3.63, 3.8) is 0 Å². The molecule has 0 spiro atoms. The van der Waals surface area contributed by atoms with Gasteiger partial charge in [-0.2, -0.15) is 0 Å². The number of aliphatic imine (C=N–C) groups is 1. The lowest BCUT2D eigenvalue weighted by Gasteiger charge is -2.35. The van der Waals surface area contributed by atoms with E-state index < -0.39 is 17.4 Å². The van der Waals surface area contributed by atoms with E-state index in [2.05, 4.69) is 5.32 Å². The number of carbonyl (C=O) groups is 1. The van der Waals surface area contributed by atoms with Crippen molar-refractivity contribution in [2.75, 3.05) is 5.32 Å². The zero-order valence-corrected chi connectivity index (χ0v) is 17.5. The van der Waals surface area contributed by atoms with E-state index in [0.717, 1.165) is 16.8 Å². The smallest absolute Gasteiger partial charge is 0.412 e. The minimum Gasteiger partial charge on any atom is -0.465 e. The van der Waals surface area contributed by atoms with Crippen molar-refractivity contribution in [2.45, 2.75) is 58.8 Å². The van der Waals surface area contributed by atoms with E-state index in [1.807, 2.05) is 40.7 Å². The van der Waals surface area contributed by atoms with Gasteiger partial charge in [0.25, 0.3) is 0 Å². The average molecular weight is 398 g/mol. The molecule has 2 aromatic carbocycles. The van der Waals surface area contributed by atoms with Gasteiger partial charge in [0.2, 0.25) is 0 Å². The molecule has 0 unspecified atom stereocenters. The fourth-order valence-electron chi connectivity index (χ4n) is 3.17. The van der Waals surface area contributed by atoms with Gasteiger partial charge in [0.15, 0.2) is 5.72 Å². The van der Waals surface area contributed by atoms with Crippen LogP contribution in [0.3, 0.4) is 0 Å². The first-order chi connectivity index (χ1) is 13.6. The summed E-state index contributed by atoms with van der Waals surface area (Å²) in [5.41, 5.74) is 1.63. The number of anilines is 1. The Balaban J connectivity index is 1.99. The van der Waals surface area contributed by atoms with Gasteiger partial charge in [-0.1, -0.05) is 13.8 Å². The third kappa shape index (κ3) is 4.75. The van der Waals surface area contributed by atoms with Crippen LogP contribution in [-0.2, 0) is 4.74 Å². The van der Waals surface area contributed by atoms with Crippen molar-refractivity contribution in [3.8, 4) is 5.75 Å². The first kappa shape index (κ1) is 20.8. The molecule has 0 atom stereocenters. The number of rotatable bonds is 4. The molecule has 6 heteroatoms. The Labute approximate surface area is 170 Å². The normalized spacial score (nSPS) is 15.0. The Bertz CT molecular complexity index is 926. The van der Waals surface area contributed by atoms with Crippen LogP contribution < -0.4 is 10.1 Å². The number of fused-ring (bicyclic) bond motifs is 1. The molecule has 1 aliphatic rings. The first-order valence-corrected chi connectivity index (χ1v) is 9.84. The Morgan fingerprint density at radius 1 is 1.14 bits per heavy atom. The molecule has 5 nitrogen and oxygen atoms in total. The topological polar surface area (TPSA) is 59.9 Å². The van der Waals surface area contributed by atoms with Crippen molar-refractivity contribution < 1.29 is 18.7 Å². The molecule has 0 aliphatic carbocycles. The summed E-state index contributed by atoms with van der Waals surface area (Å²) in [5.74, 6) is 0.326. The number of benzene rings is 2. The summed E-state index contributed by atoms with van der Waals surface area (Å²) in [5, 5.41) is 2.74. The van der Waals surface area contributed by atoms with Gasteiger partial charge in [-0.05, 0) is 57.2 Å². The van der Waals surface area contributed by atoms with E-state index >= 15 is 0 Å². The van der Waals surface area contributed by atoms with E-state index in [-0.39, 0.29) is 5.82 Å². The summed E-state index contributed by atoms with van der Waals surface area (Å²) >= 11 is 0. The quantitative estimate of drug-likeness (QED) is 0.695. The van der Waals surface area contributed by atoms with Crippen LogP contribution in [0.1, 0.15) is 58.6 Å². The molecule has 0 radical (unpaired) electrons. The van der Waals surface area contributed by atoms with E-state index in [4.69, 9.17) is 14.5 Å². The zero-order chi connectivity index (χ0) is 21.2. The Hall–Kier alpha value is -2.89. The second-order valence-electron chi connectivity index (χ2n) is 8.06. The van der Waals surface area contributed by atoms with Gasteiger partial charge < -0.3 is 9.47 Å². The van der Waals surface area contributed by atoms with E-state index in [9.17, 15) is 9.18 Å². The predicted molar refractivity (Wildman–Crippen MR) is 112 cm³/mol. The number of halogens is 1. The highest BCUT2D eigenvalue weighted by Crippen LogP contribution is 2.37. The summed E-state index contributed by atoms with van der Waals surface area (Å²) in [6.07, 6.45) is 0.826. The number of hydrogen-bond donors (Lipinski definition) is 1. The van der Waals surface area contributed by atoms with Crippen LogP contribution in [-0.4, -0.2) is 23.1 Å². The van der Waals surface area contributed by atoms with E-state index in [1.165, 1.54) is 12.1 Å². The van der Waals surface area contributed by atoms with Crippen LogP contribution in [0.4, 0.5) is 14.9 Å². The van der Waals surface area contributed by atoms with Gasteiger partial charge in [0, 0.05) is 35.7 Å². The molecule has 3 rings (SSSR count). The molecule has 0 saturated heterocycles. The highest BCUT2D eigenvalue weighted by Gasteiger charge is 2.34. The molecule has 1 aliphatic heterocycles. The van der Waals surface area contributed by atoms with Gasteiger partial charge in [0.05, 0.1) is 5.71 Å². The van der Waals surface area contributed by atoms with Crippen LogP contribution in [0.25, 0.3) is 0 Å². The van der Waals surface area contributed by atoms with Crippen molar-refractivity contribution >= 4 is 17.5 Å². The number of hydrogen-bond acceptors (Lipinski definition) is 4. The molecule has 0 aromatic heterocycles. The van der Waals surface area contributed by atoms with E-state index in [0.29, 0.717) is 24.3 Å². The number of ether oxygens (including phenoxy) is 2. The summed E-state index contributed by atoms with van der Waals surface area (Å²) in [4.78, 5) is 17.0. The maximum atomic E-state index is 13.4. The van der Waals surface area contributed by atoms with Crippen LogP contribution in [0, 0.1) is 5.82 Å². The molecule has 1 N–H and O–H groups in total. The minimum atomic E-state index is -0.707. The second kappa shape index (κ2) is 7.85. The Morgan fingerprint density at radius 3 is 2.38 bits per heavy atom. The second-order valence-corrected chi connectivity index (χ2v) is 8.06. The van der Waals surface area contributed by atoms with Gasteiger partial charge in [-0.15, -0.1) is 0 Å². The van der Waals surface area contributed by atoms with Crippen molar-refractivity contribution in [1.82, 2.24) is 0 Å². The number of carbonyl (C=O) groups excluding carboxylic acids is 1. The van der Waals surface area contributed by atoms with Crippen LogP contribution in [0.15, 0.2) is 47.5 Å². The Morgan fingerprint density at radius 2 is 1.79 bits per heavy atom. The molecule has 0 bridgehead atoms. The van der Waals surface area contributed by atoms with Crippen LogP contribution in [0.5, 0.6) is 5.75 Å². The lowest BCUT2D eigenvalue weighted by atomic mass is 9.96. The summed E-state index contributed by atoms with van der Waals surface area (Å²) in [6, 6.07) is 11.7. The molecule has 1 heterocycles. The molecule has 154 valence electrons. The zero-order valence-electron chi connectivity index (χ0n) is 17.5. The highest BCUT2D eigenvalue weighted by atomic mass is 19.1. The summed E-state index contributed by atoms with van der Waals surface area (Å²) in [7, 11) is 0. The molecule has 29 heavy (non-hydrogen) atoms. The Kier molecular flexibility index (Phi) is 5.64. The molecular weight excluding hydrogens is 371 g/mol. The standard InChI is InChI=1S/C23H27FN2O3/c1-6-23(7-2)26-20(15-8-10-16(24)11-9-15)18-13-12-17(14-19(18)28-23)25-21(27)29-22(3,4)5/h8-14H,6-7H2,1-5H3,(H,25,27). The van der Waals surface area contributed by atoms with Crippen LogP contribution in [0.2, 0.25) is 0 Å². The fourth-order valence-corrected chi connectivity index (χ4v) is 3.17. The third-order valence-corrected chi connectivity index (χ3v) is 4.72. The average Bonchev–Trinajstić information content (AvgIpc) is 2.66. The van der Waals surface area contributed by atoms with Crippen LogP contribution >= 0.6 is 0 Å². The fraction of sp³-hybridized carbons (Fsp3) is 0.391. The van der Waals surface area contributed by atoms with Gasteiger partial charge in [0.1, 0.15) is 17.2 Å². The number of amides is 1. The number of nitrogens with one attached hydrogen (secondary N) is 1. The van der Waals surface area contributed by atoms with Gasteiger partial charge in [-0.25, -0.2) is 14.2 Å². The van der Waals surface area contributed by atoms with Gasteiger partial charge >= 0.3 is 6.09 Å². The highest BCUT2D eigenvalue weighted by molar-refractivity contribution is 6.15. The van der Waals surface area contributed by atoms with Crippen molar-refractivity contribution in [3.05, 3.63) is 59.4 Å². The van der Waals surface area contributed by atoms with Crippen molar-refractivity contribution in [1.29, 1.82) is 0 Å². The molecule has 0 saturated carbocycles. The molecule has 2 aromatic rings. The summed E-state index contributed by atoms with van der Waals surface area (Å²) in [6.45, 7) is 9.46. The maximum Gasteiger partial charge on any atom is 0.412 e. The SMILES string of the molecule is CCC1(CC)N=C(c2ccc(F)cc2)c2ccc(NC(=O)OC(C)(C)C)cc2O1. The first-order valence-electron chi connectivity index (χ1n) is 9.84. The van der Waals surface area contributed by atoms with Gasteiger partial charge in [-0.3, -0.25) is 5.32 Å². The van der Waals surface area contributed by atoms with Crippen molar-refractivity contribution in [2.24, 2.45) is 4.99 Å².